The van der Waals surface area contributed by atoms with Gasteiger partial charge in [0.15, 0.2) is 0 Å². The van der Waals surface area contributed by atoms with Crippen molar-refractivity contribution in [1.82, 2.24) is 4.90 Å². The van der Waals surface area contributed by atoms with Gasteiger partial charge in [-0.25, -0.2) is 0 Å². The van der Waals surface area contributed by atoms with Gasteiger partial charge in [0.25, 0.3) is 0 Å². The largest absolute Gasteiger partial charge is 0.481 e. The van der Waals surface area contributed by atoms with Crippen molar-refractivity contribution in [3.05, 3.63) is 34.9 Å². The molecule has 0 saturated heterocycles. The molecule has 0 spiro atoms. The number of benzene rings is 1. The van der Waals surface area contributed by atoms with Crippen molar-refractivity contribution in [1.29, 1.82) is 0 Å². The Morgan fingerprint density at radius 2 is 1.95 bits per heavy atom. The molecule has 3 nitrogen and oxygen atoms in total. The fourth-order valence-corrected chi connectivity index (χ4v) is 2.05. The number of hydrogen-bond donors (Lipinski definition) is 1. The Balaban J connectivity index is 2.80. The van der Waals surface area contributed by atoms with Crippen molar-refractivity contribution in [2.24, 2.45) is 0 Å². The molecular formula is C16H25NO2. The first-order chi connectivity index (χ1) is 8.81. The van der Waals surface area contributed by atoms with E-state index < -0.39 is 5.97 Å². The summed E-state index contributed by atoms with van der Waals surface area (Å²) in [5, 5.41) is 8.84. The first kappa shape index (κ1) is 15.7. The number of carbonyl (C=O) groups is 1. The van der Waals surface area contributed by atoms with E-state index in [1.165, 1.54) is 16.7 Å². The summed E-state index contributed by atoms with van der Waals surface area (Å²) >= 11 is 0. The lowest BCUT2D eigenvalue weighted by Gasteiger charge is -2.24. The molecule has 1 unspecified atom stereocenters. The van der Waals surface area contributed by atoms with Gasteiger partial charge in [0.2, 0.25) is 0 Å². The average Bonchev–Trinajstić information content (AvgIpc) is 2.30. The molecule has 0 aliphatic carbocycles. The van der Waals surface area contributed by atoms with Crippen molar-refractivity contribution in [2.75, 3.05) is 7.05 Å². The predicted molar refractivity (Wildman–Crippen MR) is 78.4 cm³/mol. The number of carboxylic acid groups (broad SMARTS) is 1. The van der Waals surface area contributed by atoms with E-state index in [2.05, 4.69) is 43.9 Å². The van der Waals surface area contributed by atoms with Crippen LogP contribution in [-0.2, 0) is 11.3 Å². The molecule has 1 N–H and O–H groups in total. The van der Waals surface area contributed by atoms with Crippen LogP contribution in [0, 0.1) is 6.92 Å². The highest BCUT2D eigenvalue weighted by Gasteiger charge is 2.14. The summed E-state index contributed by atoms with van der Waals surface area (Å²) in [7, 11) is 1.98. The molecule has 0 aliphatic rings. The second-order valence-electron chi connectivity index (χ2n) is 5.70. The van der Waals surface area contributed by atoms with Gasteiger partial charge < -0.3 is 5.11 Å². The summed E-state index contributed by atoms with van der Waals surface area (Å²) in [6.45, 7) is 9.22. The molecule has 0 aliphatic heterocycles. The SMILES string of the molecule is Cc1ccc(C(C)C)cc1CN(C)C(C)CC(=O)O. The lowest BCUT2D eigenvalue weighted by molar-refractivity contribution is -0.138. The summed E-state index contributed by atoms with van der Waals surface area (Å²) in [4.78, 5) is 12.8. The van der Waals surface area contributed by atoms with Crippen LogP contribution in [0.3, 0.4) is 0 Å². The van der Waals surface area contributed by atoms with Crippen LogP contribution in [0.4, 0.5) is 0 Å². The first-order valence-corrected chi connectivity index (χ1v) is 6.82. The number of hydrogen-bond acceptors (Lipinski definition) is 2. The van der Waals surface area contributed by atoms with Gasteiger partial charge in [0.05, 0.1) is 6.42 Å². The van der Waals surface area contributed by atoms with Crippen LogP contribution in [0.25, 0.3) is 0 Å². The van der Waals surface area contributed by atoms with Crippen LogP contribution >= 0.6 is 0 Å². The lowest BCUT2D eigenvalue weighted by Crippen LogP contribution is -2.30. The molecule has 1 atom stereocenters. The van der Waals surface area contributed by atoms with E-state index in [9.17, 15) is 4.79 Å². The summed E-state index contributed by atoms with van der Waals surface area (Å²) in [5.41, 5.74) is 3.88. The van der Waals surface area contributed by atoms with Crippen molar-refractivity contribution in [3.8, 4) is 0 Å². The van der Waals surface area contributed by atoms with Gasteiger partial charge in [-0.15, -0.1) is 0 Å². The highest BCUT2D eigenvalue weighted by Crippen LogP contribution is 2.20. The molecule has 1 aromatic rings. The molecule has 106 valence electrons. The molecule has 0 saturated carbocycles. The van der Waals surface area contributed by atoms with Gasteiger partial charge in [-0.05, 0) is 43.5 Å². The zero-order valence-corrected chi connectivity index (χ0v) is 12.6. The number of rotatable bonds is 6. The van der Waals surface area contributed by atoms with Crippen molar-refractivity contribution in [3.63, 3.8) is 0 Å². The predicted octanol–water partition coefficient (Wildman–Crippen LogP) is 3.41. The Labute approximate surface area is 116 Å². The second-order valence-corrected chi connectivity index (χ2v) is 5.70. The first-order valence-electron chi connectivity index (χ1n) is 6.82. The Hall–Kier alpha value is -1.35. The maximum atomic E-state index is 10.8. The highest BCUT2D eigenvalue weighted by molar-refractivity contribution is 5.67. The number of carboxylic acids is 1. The van der Waals surface area contributed by atoms with E-state index in [0.717, 1.165) is 6.54 Å². The van der Waals surface area contributed by atoms with Crippen molar-refractivity contribution in [2.45, 2.75) is 52.6 Å². The summed E-state index contributed by atoms with van der Waals surface area (Å²) in [5.74, 6) is -0.229. The van der Waals surface area contributed by atoms with Gasteiger partial charge in [-0.2, -0.15) is 0 Å². The zero-order valence-electron chi connectivity index (χ0n) is 12.6. The van der Waals surface area contributed by atoms with E-state index in [0.29, 0.717) is 5.92 Å². The zero-order chi connectivity index (χ0) is 14.6. The van der Waals surface area contributed by atoms with Gasteiger partial charge in [-0.1, -0.05) is 32.0 Å². The van der Waals surface area contributed by atoms with Gasteiger partial charge >= 0.3 is 5.97 Å². The monoisotopic (exact) mass is 263 g/mol. The minimum absolute atomic E-state index is 0.0413. The summed E-state index contributed by atoms with van der Waals surface area (Å²) in [6, 6.07) is 6.61. The fourth-order valence-electron chi connectivity index (χ4n) is 2.05. The van der Waals surface area contributed by atoms with Crippen LogP contribution in [0.15, 0.2) is 18.2 Å². The number of nitrogens with zero attached hydrogens (tertiary/aromatic N) is 1. The number of aliphatic carboxylic acids is 1. The van der Waals surface area contributed by atoms with Crippen molar-refractivity contribution < 1.29 is 9.90 Å². The van der Waals surface area contributed by atoms with Gasteiger partial charge in [-0.3, -0.25) is 9.69 Å². The third-order valence-corrected chi connectivity index (χ3v) is 3.68. The standard InChI is InChI=1S/C16H25NO2/c1-11(2)14-7-6-12(3)15(9-14)10-17(5)13(4)8-16(18)19/h6-7,9,11,13H,8,10H2,1-5H3,(H,18,19). The highest BCUT2D eigenvalue weighted by atomic mass is 16.4. The second kappa shape index (κ2) is 6.71. The summed E-state index contributed by atoms with van der Waals surface area (Å²) < 4.78 is 0. The molecule has 0 heterocycles. The lowest BCUT2D eigenvalue weighted by atomic mass is 9.97. The smallest absolute Gasteiger partial charge is 0.304 e. The van der Waals surface area contributed by atoms with Crippen LogP contribution < -0.4 is 0 Å². The molecule has 0 bridgehead atoms. The summed E-state index contributed by atoms with van der Waals surface area (Å²) in [6.07, 6.45) is 0.180. The van der Waals surface area contributed by atoms with E-state index in [1.807, 2.05) is 14.0 Å². The third kappa shape index (κ3) is 4.67. The molecular weight excluding hydrogens is 238 g/mol. The normalized spacial score (nSPS) is 13.0. The Kier molecular flexibility index (Phi) is 5.55. The van der Waals surface area contributed by atoms with Gasteiger partial charge in [0, 0.05) is 12.6 Å². The van der Waals surface area contributed by atoms with Crippen LogP contribution in [0.5, 0.6) is 0 Å². The van der Waals surface area contributed by atoms with Gasteiger partial charge in [0.1, 0.15) is 0 Å². The molecule has 19 heavy (non-hydrogen) atoms. The molecule has 0 fully saturated rings. The molecule has 1 aromatic carbocycles. The van der Waals surface area contributed by atoms with E-state index in [-0.39, 0.29) is 12.5 Å². The molecule has 0 radical (unpaired) electrons. The average molecular weight is 263 g/mol. The quantitative estimate of drug-likeness (QED) is 0.855. The molecule has 1 rings (SSSR count). The minimum Gasteiger partial charge on any atom is -0.481 e. The van der Waals surface area contributed by atoms with E-state index >= 15 is 0 Å². The maximum absolute atomic E-state index is 10.8. The van der Waals surface area contributed by atoms with Crippen LogP contribution in [-0.4, -0.2) is 29.1 Å². The Morgan fingerprint density at radius 1 is 1.32 bits per heavy atom. The fraction of sp³-hybridized carbons (Fsp3) is 0.562. The minimum atomic E-state index is -0.744. The topological polar surface area (TPSA) is 40.5 Å². The molecule has 0 amide bonds. The Morgan fingerprint density at radius 3 is 2.47 bits per heavy atom. The van der Waals surface area contributed by atoms with Crippen LogP contribution in [0.1, 0.15) is 49.8 Å². The number of aryl methyl sites for hydroxylation is 1. The maximum Gasteiger partial charge on any atom is 0.304 e. The molecule has 3 heteroatoms. The third-order valence-electron chi connectivity index (χ3n) is 3.68. The molecule has 0 aromatic heterocycles. The van der Waals surface area contributed by atoms with E-state index in [1.54, 1.807) is 0 Å². The van der Waals surface area contributed by atoms with E-state index in [4.69, 9.17) is 5.11 Å². The Bertz CT molecular complexity index is 440. The van der Waals surface area contributed by atoms with Crippen LogP contribution in [0.2, 0.25) is 0 Å². The van der Waals surface area contributed by atoms with Crippen molar-refractivity contribution >= 4 is 5.97 Å².